The van der Waals surface area contributed by atoms with E-state index in [1.54, 1.807) is 10.4 Å². The van der Waals surface area contributed by atoms with E-state index in [0.717, 1.165) is 55.6 Å². The van der Waals surface area contributed by atoms with Gasteiger partial charge in [-0.15, -0.1) is 0 Å². The molecule has 5 rings (SSSR count). The van der Waals surface area contributed by atoms with Gasteiger partial charge in [0.15, 0.2) is 0 Å². The van der Waals surface area contributed by atoms with E-state index >= 15 is 0 Å². The van der Waals surface area contributed by atoms with Crippen molar-refractivity contribution >= 4 is 16.1 Å². The number of ether oxygens (including phenoxy) is 2. The van der Waals surface area contributed by atoms with Gasteiger partial charge in [-0.3, -0.25) is 0 Å². The quantitative estimate of drug-likeness (QED) is 0.520. The monoisotopic (exact) mass is 526 g/mol. The summed E-state index contributed by atoms with van der Waals surface area (Å²) in [5.74, 6) is 0.911. The van der Waals surface area contributed by atoms with Crippen LogP contribution in [0.1, 0.15) is 42.4 Å². The summed E-state index contributed by atoms with van der Waals surface area (Å²) in [5.41, 5.74) is 2.82. The van der Waals surface area contributed by atoms with E-state index in [1.165, 1.54) is 0 Å². The van der Waals surface area contributed by atoms with Crippen LogP contribution in [0, 0.1) is 31.6 Å². The van der Waals surface area contributed by atoms with Gasteiger partial charge in [0, 0.05) is 38.9 Å². The van der Waals surface area contributed by atoms with Crippen LogP contribution in [0.2, 0.25) is 0 Å². The predicted octanol–water partition coefficient (Wildman–Crippen LogP) is 4.77. The van der Waals surface area contributed by atoms with Gasteiger partial charge in [0.05, 0.1) is 4.90 Å². The van der Waals surface area contributed by atoms with E-state index in [0.29, 0.717) is 30.4 Å². The summed E-state index contributed by atoms with van der Waals surface area (Å²) < 4.78 is 39.8. The van der Waals surface area contributed by atoms with Crippen molar-refractivity contribution < 1.29 is 22.7 Å². The molecule has 200 valence electrons. The van der Waals surface area contributed by atoms with Gasteiger partial charge in [-0.1, -0.05) is 48.0 Å². The number of carbonyl (C=O) groups excluding carboxylic acids is 1. The van der Waals surface area contributed by atoms with Crippen molar-refractivity contribution in [3.63, 3.8) is 0 Å². The molecule has 1 aliphatic carbocycles. The average molecular weight is 527 g/mol. The second-order valence-corrected chi connectivity index (χ2v) is 12.9. The van der Waals surface area contributed by atoms with Gasteiger partial charge in [-0.05, 0) is 74.5 Å². The van der Waals surface area contributed by atoms with Crippen molar-refractivity contribution in [2.45, 2.75) is 57.1 Å². The first kappa shape index (κ1) is 26.2. The van der Waals surface area contributed by atoms with Gasteiger partial charge in [0.1, 0.15) is 6.61 Å². The Morgan fingerprint density at radius 2 is 1.70 bits per heavy atom. The fraction of sp³-hybridized carbons (Fsp3) is 0.552. The number of benzene rings is 2. The summed E-state index contributed by atoms with van der Waals surface area (Å²) in [6, 6.07) is 15.3. The Morgan fingerprint density at radius 1 is 1.03 bits per heavy atom. The predicted molar refractivity (Wildman–Crippen MR) is 142 cm³/mol. The zero-order valence-electron chi connectivity index (χ0n) is 21.8. The second-order valence-electron chi connectivity index (χ2n) is 11.0. The van der Waals surface area contributed by atoms with Crippen LogP contribution >= 0.6 is 0 Å². The van der Waals surface area contributed by atoms with Crippen LogP contribution in [-0.2, 0) is 26.1 Å². The minimum Gasteiger partial charge on any atom is -0.445 e. The molecular formula is C29H38N2O5S. The molecule has 2 aliphatic heterocycles. The molecule has 2 aromatic carbocycles. The molecule has 2 saturated heterocycles. The van der Waals surface area contributed by atoms with Crippen molar-refractivity contribution in [3.8, 4) is 0 Å². The number of amides is 1. The number of nitrogens with zero attached hydrogens (tertiary/aromatic N) is 2. The number of hydrogen-bond donors (Lipinski definition) is 0. The molecule has 3 atom stereocenters. The van der Waals surface area contributed by atoms with Crippen LogP contribution in [-0.4, -0.2) is 62.6 Å². The number of hydrogen-bond acceptors (Lipinski definition) is 5. The molecule has 0 unspecified atom stereocenters. The molecule has 0 bridgehead atoms. The number of carbonyl (C=O) groups is 1. The zero-order chi connectivity index (χ0) is 26.0. The van der Waals surface area contributed by atoms with E-state index in [2.05, 4.69) is 0 Å². The summed E-state index contributed by atoms with van der Waals surface area (Å²) in [7, 11) is -3.53. The topological polar surface area (TPSA) is 76.2 Å². The number of aryl methyl sites for hydroxylation is 2. The van der Waals surface area contributed by atoms with Crippen LogP contribution in [0.4, 0.5) is 4.79 Å². The lowest BCUT2D eigenvalue weighted by Gasteiger charge is -2.34. The molecular weight excluding hydrogens is 488 g/mol. The summed E-state index contributed by atoms with van der Waals surface area (Å²) in [4.78, 5) is 15.7. The first-order valence-electron chi connectivity index (χ1n) is 13.4. The van der Waals surface area contributed by atoms with E-state index < -0.39 is 10.0 Å². The van der Waals surface area contributed by atoms with E-state index in [9.17, 15) is 13.2 Å². The molecule has 8 heteroatoms. The van der Waals surface area contributed by atoms with Crippen molar-refractivity contribution in [2.75, 3.05) is 32.8 Å². The van der Waals surface area contributed by atoms with Gasteiger partial charge >= 0.3 is 6.09 Å². The smallest absolute Gasteiger partial charge is 0.410 e. The van der Waals surface area contributed by atoms with Gasteiger partial charge < -0.3 is 14.4 Å². The normalized spacial score (nSPS) is 24.6. The Morgan fingerprint density at radius 3 is 2.35 bits per heavy atom. The molecule has 37 heavy (non-hydrogen) atoms. The van der Waals surface area contributed by atoms with Crippen LogP contribution in [0.15, 0.2) is 53.4 Å². The standard InChI is InChI=1S/C29H38N2O5S/c1-21-8-9-28(22(2)14-21)37(33,34)30-18-25-15-27(16-26(25)19-30)31(17-23-10-12-35-13-11-23)29(32)36-20-24-6-4-3-5-7-24/h3-9,14,23,25-27H,10-13,15-20H2,1-2H3/t25-,26+,27-. The SMILES string of the molecule is Cc1ccc(S(=O)(=O)N2C[C@H]3C[C@@H](N(CC4CCOCC4)C(=O)OCc4ccccc4)C[C@H]3C2)c(C)c1. The fourth-order valence-corrected chi connectivity index (χ4v) is 8.04. The molecule has 3 fully saturated rings. The summed E-state index contributed by atoms with van der Waals surface area (Å²) >= 11 is 0. The van der Waals surface area contributed by atoms with Crippen molar-refractivity contribution in [3.05, 3.63) is 65.2 Å². The molecule has 0 radical (unpaired) electrons. The lowest BCUT2D eigenvalue weighted by molar-refractivity contribution is 0.0351. The molecule has 0 N–H and O–H groups in total. The highest BCUT2D eigenvalue weighted by atomic mass is 32.2. The lowest BCUT2D eigenvalue weighted by Crippen LogP contribution is -2.44. The Bertz CT molecular complexity index is 1180. The number of rotatable bonds is 7. The Balaban J connectivity index is 1.26. The molecule has 2 heterocycles. The molecule has 2 aromatic rings. The Hall–Kier alpha value is -2.42. The molecule has 1 saturated carbocycles. The van der Waals surface area contributed by atoms with E-state index in [4.69, 9.17) is 9.47 Å². The summed E-state index contributed by atoms with van der Waals surface area (Å²) in [5, 5.41) is 0. The largest absolute Gasteiger partial charge is 0.445 e. The third-order valence-corrected chi connectivity index (χ3v) is 10.3. The maximum atomic E-state index is 13.4. The molecule has 1 amide bonds. The fourth-order valence-electron chi connectivity index (χ4n) is 6.29. The molecule has 3 aliphatic rings. The summed E-state index contributed by atoms with van der Waals surface area (Å²) in [6.07, 6.45) is 3.26. The van der Waals surface area contributed by atoms with Gasteiger partial charge in [0.2, 0.25) is 10.0 Å². The highest BCUT2D eigenvalue weighted by Crippen LogP contribution is 2.43. The first-order chi connectivity index (χ1) is 17.8. The van der Waals surface area contributed by atoms with Crippen molar-refractivity contribution in [1.29, 1.82) is 0 Å². The second kappa shape index (κ2) is 11.1. The Kier molecular flexibility index (Phi) is 7.88. The lowest BCUT2D eigenvalue weighted by atomic mass is 9.98. The molecule has 7 nitrogen and oxygen atoms in total. The van der Waals surface area contributed by atoms with Gasteiger partial charge in [-0.25, -0.2) is 13.2 Å². The van der Waals surface area contributed by atoms with Gasteiger partial charge in [0.25, 0.3) is 0 Å². The highest BCUT2D eigenvalue weighted by Gasteiger charge is 2.47. The third-order valence-electron chi connectivity index (χ3n) is 8.32. The number of sulfonamides is 1. The van der Waals surface area contributed by atoms with Gasteiger partial charge in [-0.2, -0.15) is 4.31 Å². The third kappa shape index (κ3) is 5.86. The van der Waals surface area contributed by atoms with Crippen LogP contribution in [0.5, 0.6) is 0 Å². The van der Waals surface area contributed by atoms with E-state index in [-0.39, 0.29) is 30.6 Å². The molecule has 0 spiro atoms. The van der Waals surface area contributed by atoms with Crippen LogP contribution in [0.3, 0.4) is 0 Å². The maximum absolute atomic E-state index is 13.4. The number of fused-ring (bicyclic) bond motifs is 1. The summed E-state index contributed by atoms with van der Waals surface area (Å²) in [6.45, 7) is 7.26. The van der Waals surface area contributed by atoms with Crippen molar-refractivity contribution in [1.82, 2.24) is 9.21 Å². The van der Waals surface area contributed by atoms with E-state index in [1.807, 2.05) is 61.2 Å². The minimum atomic E-state index is -3.53. The van der Waals surface area contributed by atoms with Crippen LogP contribution < -0.4 is 0 Å². The highest BCUT2D eigenvalue weighted by molar-refractivity contribution is 7.89. The minimum absolute atomic E-state index is 0.0760. The molecule has 0 aromatic heterocycles. The van der Waals surface area contributed by atoms with Crippen molar-refractivity contribution in [2.24, 2.45) is 17.8 Å². The first-order valence-corrected chi connectivity index (χ1v) is 14.9. The van der Waals surface area contributed by atoms with Crippen LogP contribution in [0.25, 0.3) is 0 Å². The average Bonchev–Trinajstić information content (AvgIpc) is 3.47. The maximum Gasteiger partial charge on any atom is 0.410 e. The Labute approximate surface area is 220 Å². The zero-order valence-corrected chi connectivity index (χ0v) is 22.7.